The SMILES string of the molecule is C[C@H]1C[C@H](C)CN(C(=O)COC(=O)c2cccc3c2C(=O)c2ccccc2C3=O)C1. The van der Waals surface area contributed by atoms with E-state index in [2.05, 4.69) is 13.8 Å². The minimum Gasteiger partial charge on any atom is -0.452 e. The molecule has 1 amide bonds. The largest absolute Gasteiger partial charge is 0.452 e. The van der Waals surface area contributed by atoms with Gasteiger partial charge < -0.3 is 9.64 Å². The maximum atomic E-state index is 13.0. The number of nitrogens with zero attached hydrogens (tertiary/aromatic N) is 1. The number of piperidine rings is 1. The Morgan fingerprint density at radius 3 is 2.17 bits per heavy atom. The summed E-state index contributed by atoms with van der Waals surface area (Å²) in [7, 11) is 0. The van der Waals surface area contributed by atoms with Crippen molar-refractivity contribution in [2.45, 2.75) is 20.3 Å². The molecule has 0 saturated carbocycles. The van der Waals surface area contributed by atoms with Gasteiger partial charge in [0, 0.05) is 35.3 Å². The van der Waals surface area contributed by atoms with Crippen LogP contribution in [0.15, 0.2) is 42.5 Å². The number of hydrogen-bond donors (Lipinski definition) is 0. The van der Waals surface area contributed by atoms with Gasteiger partial charge in [-0.25, -0.2) is 4.79 Å². The standard InChI is InChI=1S/C24H23NO5/c1-14-10-15(2)12-25(11-14)20(26)13-30-24(29)19-9-5-8-18-21(19)23(28)17-7-4-3-6-16(17)22(18)27/h3-9,14-15H,10-13H2,1-2H3/t14-,15-/m0/s1. The van der Waals surface area contributed by atoms with Gasteiger partial charge in [-0.2, -0.15) is 0 Å². The maximum Gasteiger partial charge on any atom is 0.339 e. The molecular weight excluding hydrogens is 382 g/mol. The van der Waals surface area contributed by atoms with Crippen LogP contribution in [0.3, 0.4) is 0 Å². The van der Waals surface area contributed by atoms with Gasteiger partial charge in [0.25, 0.3) is 5.91 Å². The van der Waals surface area contributed by atoms with Gasteiger partial charge in [0.2, 0.25) is 0 Å². The number of esters is 1. The summed E-state index contributed by atoms with van der Waals surface area (Å²) < 4.78 is 5.26. The lowest BCUT2D eigenvalue weighted by Gasteiger charge is -2.34. The van der Waals surface area contributed by atoms with Gasteiger partial charge in [-0.3, -0.25) is 14.4 Å². The summed E-state index contributed by atoms with van der Waals surface area (Å²) in [5.74, 6) is -0.922. The lowest BCUT2D eigenvalue weighted by atomic mass is 9.82. The third-order valence-electron chi connectivity index (χ3n) is 5.72. The highest BCUT2D eigenvalue weighted by molar-refractivity contribution is 6.30. The van der Waals surface area contributed by atoms with Crippen molar-refractivity contribution in [2.75, 3.05) is 19.7 Å². The molecule has 1 heterocycles. The molecular formula is C24H23NO5. The van der Waals surface area contributed by atoms with Gasteiger partial charge in [0.05, 0.1) is 5.56 Å². The normalized spacial score (nSPS) is 20.4. The topological polar surface area (TPSA) is 80.8 Å². The van der Waals surface area contributed by atoms with Gasteiger partial charge in [-0.05, 0) is 24.3 Å². The van der Waals surface area contributed by atoms with Crippen molar-refractivity contribution in [1.29, 1.82) is 0 Å². The van der Waals surface area contributed by atoms with Crippen LogP contribution >= 0.6 is 0 Å². The van der Waals surface area contributed by atoms with Crippen LogP contribution in [0.25, 0.3) is 0 Å². The lowest BCUT2D eigenvalue weighted by Crippen LogP contribution is -2.44. The molecule has 0 unspecified atom stereocenters. The first-order valence-corrected chi connectivity index (χ1v) is 10.1. The predicted molar refractivity (Wildman–Crippen MR) is 110 cm³/mol. The summed E-state index contributed by atoms with van der Waals surface area (Å²) >= 11 is 0. The molecule has 30 heavy (non-hydrogen) atoms. The Balaban J connectivity index is 1.54. The molecule has 6 heteroatoms. The highest BCUT2D eigenvalue weighted by Crippen LogP contribution is 2.30. The Bertz CT molecular complexity index is 1050. The number of likely N-dealkylation sites (tertiary alicyclic amines) is 1. The fourth-order valence-corrected chi connectivity index (χ4v) is 4.48. The molecule has 0 spiro atoms. The van der Waals surface area contributed by atoms with E-state index >= 15 is 0 Å². The molecule has 0 aromatic heterocycles. The molecule has 4 rings (SSSR count). The van der Waals surface area contributed by atoms with Crippen LogP contribution in [0.4, 0.5) is 0 Å². The molecule has 2 aliphatic rings. The minimum atomic E-state index is -0.779. The monoisotopic (exact) mass is 405 g/mol. The number of ether oxygens (including phenoxy) is 1. The fourth-order valence-electron chi connectivity index (χ4n) is 4.48. The number of carbonyl (C=O) groups excluding carboxylic acids is 4. The highest BCUT2D eigenvalue weighted by Gasteiger charge is 2.33. The molecule has 1 saturated heterocycles. The lowest BCUT2D eigenvalue weighted by molar-refractivity contribution is -0.137. The van der Waals surface area contributed by atoms with Gasteiger partial charge in [0.1, 0.15) is 0 Å². The van der Waals surface area contributed by atoms with Crippen LogP contribution in [0.2, 0.25) is 0 Å². The van der Waals surface area contributed by atoms with Crippen molar-refractivity contribution in [3.63, 3.8) is 0 Å². The van der Waals surface area contributed by atoms with Crippen LogP contribution in [0.5, 0.6) is 0 Å². The zero-order chi connectivity index (χ0) is 21.4. The Hall–Kier alpha value is -3.28. The zero-order valence-electron chi connectivity index (χ0n) is 17.0. The smallest absolute Gasteiger partial charge is 0.339 e. The van der Waals surface area contributed by atoms with E-state index in [4.69, 9.17) is 4.74 Å². The van der Waals surface area contributed by atoms with E-state index in [-0.39, 0.29) is 40.6 Å². The van der Waals surface area contributed by atoms with E-state index in [1.165, 1.54) is 12.1 Å². The molecule has 0 radical (unpaired) electrons. The van der Waals surface area contributed by atoms with Crippen molar-refractivity contribution in [2.24, 2.45) is 11.8 Å². The van der Waals surface area contributed by atoms with Gasteiger partial charge in [-0.1, -0.05) is 50.2 Å². The number of carbonyl (C=O) groups is 4. The van der Waals surface area contributed by atoms with Crippen molar-refractivity contribution in [3.8, 4) is 0 Å². The number of benzene rings is 2. The van der Waals surface area contributed by atoms with E-state index in [1.54, 1.807) is 35.2 Å². The Kier molecular flexibility index (Phi) is 5.24. The van der Waals surface area contributed by atoms with Crippen LogP contribution in [0, 0.1) is 11.8 Å². The molecule has 6 nitrogen and oxygen atoms in total. The molecule has 1 aliphatic heterocycles. The first-order chi connectivity index (χ1) is 14.4. The Morgan fingerprint density at radius 2 is 1.50 bits per heavy atom. The fraction of sp³-hybridized carbons (Fsp3) is 0.333. The first-order valence-electron chi connectivity index (χ1n) is 10.1. The molecule has 1 aliphatic carbocycles. The summed E-state index contributed by atoms with van der Waals surface area (Å²) in [6, 6.07) is 11.1. The van der Waals surface area contributed by atoms with Crippen LogP contribution in [-0.2, 0) is 9.53 Å². The van der Waals surface area contributed by atoms with Gasteiger partial charge in [0.15, 0.2) is 18.2 Å². The second-order valence-corrected chi connectivity index (χ2v) is 8.25. The second-order valence-electron chi connectivity index (χ2n) is 8.25. The molecule has 2 aromatic rings. The maximum absolute atomic E-state index is 13.0. The highest BCUT2D eigenvalue weighted by atomic mass is 16.5. The van der Waals surface area contributed by atoms with Crippen molar-refractivity contribution < 1.29 is 23.9 Å². The summed E-state index contributed by atoms with van der Waals surface area (Å²) in [5, 5.41) is 0. The van der Waals surface area contributed by atoms with E-state index in [0.717, 1.165) is 6.42 Å². The minimum absolute atomic E-state index is 0.00790. The number of amides is 1. The van der Waals surface area contributed by atoms with E-state index in [0.29, 0.717) is 30.5 Å². The van der Waals surface area contributed by atoms with Crippen molar-refractivity contribution in [1.82, 2.24) is 4.90 Å². The summed E-state index contributed by atoms with van der Waals surface area (Å²) in [6.45, 7) is 5.09. The molecule has 0 N–H and O–H groups in total. The number of hydrogen-bond acceptors (Lipinski definition) is 5. The average Bonchev–Trinajstić information content (AvgIpc) is 2.74. The molecule has 1 fully saturated rings. The van der Waals surface area contributed by atoms with Gasteiger partial charge in [-0.15, -0.1) is 0 Å². The third kappa shape index (κ3) is 3.54. The van der Waals surface area contributed by atoms with Crippen LogP contribution in [0.1, 0.15) is 62.5 Å². The molecule has 2 aromatic carbocycles. The molecule has 2 atom stereocenters. The third-order valence-corrected chi connectivity index (χ3v) is 5.72. The van der Waals surface area contributed by atoms with E-state index in [9.17, 15) is 19.2 Å². The van der Waals surface area contributed by atoms with E-state index < -0.39 is 11.8 Å². The number of fused-ring (bicyclic) bond motifs is 2. The van der Waals surface area contributed by atoms with Crippen LogP contribution < -0.4 is 0 Å². The number of ketones is 2. The first kappa shape index (κ1) is 20.0. The predicted octanol–water partition coefficient (Wildman–Crippen LogP) is 3.12. The number of rotatable bonds is 3. The second kappa shape index (κ2) is 7.86. The van der Waals surface area contributed by atoms with Gasteiger partial charge >= 0.3 is 5.97 Å². The van der Waals surface area contributed by atoms with E-state index in [1.807, 2.05) is 0 Å². The summed E-state index contributed by atoms with van der Waals surface area (Å²) in [6.07, 6.45) is 1.07. The summed E-state index contributed by atoms with van der Waals surface area (Å²) in [5.41, 5.74) is 0.817. The Morgan fingerprint density at radius 1 is 0.900 bits per heavy atom. The Labute approximate surface area is 174 Å². The quantitative estimate of drug-likeness (QED) is 0.626. The molecule has 154 valence electrons. The zero-order valence-corrected chi connectivity index (χ0v) is 17.0. The average molecular weight is 405 g/mol. The molecule has 0 bridgehead atoms. The van der Waals surface area contributed by atoms with Crippen molar-refractivity contribution in [3.05, 3.63) is 70.3 Å². The summed E-state index contributed by atoms with van der Waals surface area (Å²) in [4.78, 5) is 52.8. The van der Waals surface area contributed by atoms with Crippen LogP contribution in [-0.4, -0.2) is 48.0 Å². The van der Waals surface area contributed by atoms with Crippen molar-refractivity contribution >= 4 is 23.4 Å².